The Labute approximate surface area is 205 Å². The topological polar surface area (TPSA) is 29.5 Å². The third kappa shape index (κ3) is 2.70. The van der Waals surface area contributed by atoms with E-state index in [-0.39, 0.29) is 11.5 Å². The summed E-state index contributed by atoms with van der Waals surface area (Å²) in [6.45, 7) is 20.5. The van der Waals surface area contributed by atoms with Crippen LogP contribution in [0.15, 0.2) is 0 Å². The molecule has 5 saturated carbocycles. The average Bonchev–Trinajstić information content (AvgIpc) is 3.11. The van der Waals surface area contributed by atoms with E-state index in [0.717, 1.165) is 30.1 Å². The zero-order chi connectivity index (χ0) is 24.2. The van der Waals surface area contributed by atoms with Crippen LogP contribution in [0.4, 0.5) is 0 Å². The van der Waals surface area contributed by atoms with Gasteiger partial charge in [0.2, 0.25) is 0 Å². The van der Waals surface area contributed by atoms with Gasteiger partial charge in [0.05, 0.1) is 11.7 Å². The minimum absolute atomic E-state index is 0.0635. The highest BCUT2D eigenvalue weighted by atomic mass is 16.5. The lowest BCUT2D eigenvalue weighted by molar-refractivity contribution is -0.288. The van der Waals surface area contributed by atoms with Gasteiger partial charge in [-0.15, -0.1) is 0 Å². The second-order valence-corrected chi connectivity index (χ2v) is 15.3. The molecular weight excluding hydrogens is 404 g/mol. The molecule has 33 heavy (non-hydrogen) atoms. The Hall–Kier alpha value is -0.0800. The second kappa shape index (κ2) is 7.24. The van der Waals surface area contributed by atoms with E-state index < -0.39 is 5.60 Å². The van der Waals surface area contributed by atoms with Crippen molar-refractivity contribution in [3.05, 3.63) is 0 Å². The first-order chi connectivity index (χ1) is 15.2. The van der Waals surface area contributed by atoms with Gasteiger partial charge in [-0.2, -0.15) is 0 Å². The molecule has 5 aliphatic carbocycles. The fourth-order valence-electron chi connectivity index (χ4n) is 12.4. The van der Waals surface area contributed by atoms with Gasteiger partial charge >= 0.3 is 0 Å². The maximum Gasteiger partial charge on any atom is 0.0964 e. The number of hydrogen-bond acceptors (Lipinski definition) is 2. The molecular formula is C31H54O2. The van der Waals surface area contributed by atoms with E-state index >= 15 is 0 Å². The molecule has 0 saturated heterocycles. The normalized spacial score (nSPS) is 60.6. The molecule has 0 aromatic heterocycles. The summed E-state index contributed by atoms with van der Waals surface area (Å²) in [7, 11) is 1.84. The Morgan fingerprint density at radius 3 is 1.73 bits per heavy atom. The van der Waals surface area contributed by atoms with Gasteiger partial charge < -0.3 is 9.84 Å². The summed E-state index contributed by atoms with van der Waals surface area (Å²) >= 11 is 0. The fraction of sp³-hybridized carbons (Fsp3) is 1.00. The van der Waals surface area contributed by atoms with E-state index in [4.69, 9.17) is 4.74 Å². The summed E-state index contributed by atoms with van der Waals surface area (Å²) in [5.74, 6) is 4.08. The first-order valence-corrected chi connectivity index (χ1v) is 14.5. The average molecular weight is 459 g/mol. The molecule has 190 valence electrons. The van der Waals surface area contributed by atoms with E-state index in [1.165, 1.54) is 57.8 Å². The number of aliphatic hydroxyl groups excluding tert-OH is 1. The molecule has 5 rings (SSSR count). The lowest BCUT2D eigenvalue weighted by atomic mass is 9.31. The van der Waals surface area contributed by atoms with Gasteiger partial charge in [-0.1, -0.05) is 48.5 Å². The molecule has 5 aliphatic rings. The monoisotopic (exact) mass is 458 g/mol. The molecule has 0 aliphatic heterocycles. The van der Waals surface area contributed by atoms with Gasteiger partial charge in [0.1, 0.15) is 0 Å². The molecule has 0 spiro atoms. The van der Waals surface area contributed by atoms with E-state index in [2.05, 4.69) is 55.4 Å². The lowest BCUT2D eigenvalue weighted by Crippen LogP contribution is -2.70. The first-order valence-electron chi connectivity index (χ1n) is 14.5. The third-order valence-electron chi connectivity index (χ3n) is 14.7. The minimum Gasteiger partial charge on any atom is -0.390 e. The summed E-state index contributed by atoms with van der Waals surface area (Å²) in [6, 6.07) is 0. The number of rotatable bonds is 2. The van der Waals surface area contributed by atoms with Crippen molar-refractivity contribution in [1.82, 2.24) is 0 Å². The molecule has 0 aromatic rings. The highest BCUT2D eigenvalue weighted by Crippen LogP contribution is 2.79. The molecule has 2 heteroatoms. The highest BCUT2D eigenvalue weighted by molar-refractivity contribution is 5.22. The van der Waals surface area contributed by atoms with Crippen molar-refractivity contribution < 1.29 is 9.84 Å². The summed E-state index contributed by atoms with van der Waals surface area (Å²) in [5, 5.41) is 11.1. The number of fused-ring (bicyclic) bond motifs is 7. The summed E-state index contributed by atoms with van der Waals surface area (Å²) in [5.41, 5.74) is 1.46. The summed E-state index contributed by atoms with van der Waals surface area (Å²) < 4.78 is 6.19. The molecule has 1 N–H and O–H groups in total. The van der Waals surface area contributed by atoms with Crippen LogP contribution in [0.25, 0.3) is 0 Å². The van der Waals surface area contributed by atoms with E-state index in [1.807, 2.05) is 7.11 Å². The molecule has 0 amide bonds. The Morgan fingerprint density at radius 1 is 0.636 bits per heavy atom. The Morgan fingerprint density at radius 2 is 1.15 bits per heavy atom. The predicted octanol–water partition coefficient (Wildman–Crippen LogP) is 7.87. The van der Waals surface area contributed by atoms with Crippen LogP contribution in [0.3, 0.4) is 0 Å². The van der Waals surface area contributed by atoms with Crippen LogP contribution >= 0.6 is 0 Å². The number of hydrogen-bond donors (Lipinski definition) is 1. The van der Waals surface area contributed by atoms with Gasteiger partial charge in [0.15, 0.2) is 0 Å². The molecule has 0 radical (unpaired) electrons. The largest absolute Gasteiger partial charge is 0.390 e. The Kier molecular flexibility index (Phi) is 5.40. The molecule has 2 nitrogen and oxygen atoms in total. The van der Waals surface area contributed by atoms with Crippen molar-refractivity contribution in [2.24, 2.45) is 56.7 Å². The van der Waals surface area contributed by atoms with Crippen molar-refractivity contribution in [1.29, 1.82) is 0 Å². The fourth-order valence-corrected chi connectivity index (χ4v) is 12.4. The van der Waals surface area contributed by atoms with E-state index in [0.29, 0.717) is 27.6 Å². The van der Waals surface area contributed by atoms with Crippen molar-refractivity contribution in [2.75, 3.05) is 7.11 Å². The Balaban J connectivity index is 1.53. The SMILES string of the molecule is CO[C@]1(C)[C@H](O)CC[C@H]2[C@]3(C)CC[C@@]4(C)[C@H]5CC[C@H](C(C)C)[C@@]5(C)CC[C@]4(C)[C@@H]3CC[C@@]21C. The minimum atomic E-state index is -0.424. The quantitative estimate of drug-likeness (QED) is 0.456. The van der Waals surface area contributed by atoms with Crippen molar-refractivity contribution >= 4 is 0 Å². The standard InChI is InChI=1S/C31H54O2/c1-20(2)21-10-11-22-26(21,3)16-18-29(6)24-14-15-30(7)23(12-13-25(32)31(30,8)33-9)27(24,4)17-19-28(22,29)5/h20-25,32H,10-19H2,1-9H3/t21-,22+,23+,24-,25-,26-,27+,28+,29-,30+,31-/m1/s1. The lowest BCUT2D eigenvalue weighted by Gasteiger charge is -2.74. The number of methoxy groups -OCH3 is 1. The van der Waals surface area contributed by atoms with Crippen molar-refractivity contribution in [2.45, 2.75) is 131 Å². The predicted molar refractivity (Wildman–Crippen MR) is 137 cm³/mol. The zero-order valence-corrected chi connectivity index (χ0v) is 23.4. The van der Waals surface area contributed by atoms with Gasteiger partial charge in [0.25, 0.3) is 0 Å². The molecule has 0 aromatic carbocycles. The second-order valence-electron chi connectivity index (χ2n) is 15.3. The molecule has 0 unspecified atom stereocenters. The summed E-state index contributed by atoms with van der Waals surface area (Å²) in [4.78, 5) is 0. The van der Waals surface area contributed by atoms with E-state index in [9.17, 15) is 5.11 Å². The maximum absolute atomic E-state index is 11.1. The smallest absolute Gasteiger partial charge is 0.0964 e. The van der Waals surface area contributed by atoms with Crippen molar-refractivity contribution in [3.8, 4) is 0 Å². The highest BCUT2D eigenvalue weighted by Gasteiger charge is 2.73. The van der Waals surface area contributed by atoms with Crippen LogP contribution in [0.1, 0.15) is 120 Å². The van der Waals surface area contributed by atoms with Crippen LogP contribution in [0.2, 0.25) is 0 Å². The zero-order valence-electron chi connectivity index (χ0n) is 23.4. The molecule has 0 heterocycles. The van der Waals surface area contributed by atoms with Crippen LogP contribution in [0, 0.1) is 56.7 Å². The van der Waals surface area contributed by atoms with Gasteiger partial charge in [-0.05, 0) is 122 Å². The van der Waals surface area contributed by atoms with Crippen molar-refractivity contribution in [3.63, 3.8) is 0 Å². The van der Waals surface area contributed by atoms with Crippen LogP contribution in [0.5, 0.6) is 0 Å². The first kappa shape index (κ1) is 24.6. The van der Waals surface area contributed by atoms with Crippen LogP contribution < -0.4 is 0 Å². The molecule has 0 bridgehead atoms. The third-order valence-corrected chi connectivity index (χ3v) is 14.7. The molecule has 5 fully saturated rings. The van der Waals surface area contributed by atoms with E-state index in [1.54, 1.807) is 0 Å². The van der Waals surface area contributed by atoms with Gasteiger partial charge in [-0.3, -0.25) is 0 Å². The van der Waals surface area contributed by atoms with Gasteiger partial charge in [-0.25, -0.2) is 0 Å². The van der Waals surface area contributed by atoms with Gasteiger partial charge in [0, 0.05) is 12.5 Å². The maximum atomic E-state index is 11.1. The van der Waals surface area contributed by atoms with Crippen LogP contribution in [-0.2, 0) is 4.74 Å². The number of ether oxygens (including phenoxy) is 1. The number of aliphatic hydroxyl groups is 1. The summed E-state index contributed by atoms with van der Waals surface area (Å²) in [6.07, 6.45) is 12.8. The molecule has 11 atom stereocenters. The Bertz CT molecular complexity index is 792. The van der Waals surface area contributed by atoms with Crippen LogP contribution in [-0.4, -0.2) is 23.9 Å².